The van der Waals surface area contributed by atoms with Gasteiger partial charge in [-0.1, -0.05) is 0 Å². The van der Waals surface area contributed by atoms with Crippen LogP contribution in [0.25, 0.3) is 0 Å². The van der Waals surface area contributed by atoms with E-state index < -0.39 is 0 Å². The minimum absolute atomic E-state index is 0.720. The molecule has 3 heteroatoms. The number of nitrogens with zero attached hydrogens (tertiary/aromatic N) is 1. The molecule has 0 fully saturated rings. The molecule has 72 valence electrons. The summed E-state index contributed by atoms with van der Waals surface area (Å²) in [5.74, 6) is 0.720. The fourth-order valence-corrected chi connectivity index (χ4v) is 2.74. The number of nitrogens with one attached hydrogen (secondary N) is 1. The molecule has 13 heavy (non-hydrogen) atoms. The number of fused-ring (bicyclic) bond motifs is 1. The zero-order chi connectivity index (χ0) is 9.42. The molecule has 0 aromatic carbocycles. The van der Waals surface area contributed by atoms with Crippen LogP contribution in [-0.2, 0) is 13.5 Å². The zero-order valence-electron chi connectivity index (χ0n) is 8.10. The summed E-state index contributed by atoms with van der Waals surface area (Å²) < 4.78 is 3.44. The molecule has 1 unspecified atom stereocenters. The topological polar surface area (TPSA) is 17.0 Å². The predicted octanol–water partition coefficient (Wildman–Crippen LogP) is 2.04. The van der Waals surface area contributed by atoms with Gasteiger partial charge in [0.25, 0.3) is 0 Å². The summed E-state index contributed by atoms with van der Waals surface area (Å²) in [6.45, 7) is 1.10. The summed E-state index contributed by atoms with van der Waals surface area (Å²) in [4.78, 5) is 0. The molecule has 0 saturated heterocycles. The number of hydrogen-bond acceptors (Lipinski definition) is 1. The fourth-order valence-electron chi connectivity index (χ4n) is 2.21. The van der Waals surface area contributed by atoms with E-state index in [1.807, 2.05) is 7.05 Å². The average molecular weight is 243 g/mol. The highest BCUT2D eigenvalue weighted by Gasteiger charge is 2.25. The van der Waals surface area contributed by atoms with Gasteiger partial charge in [-0.15, -0.1) is 0 Å². The quantitative estimate of drug-likeness (QED) is 0.841. The van der Waals surface area contributed by atoms with Crippen LogP contribution < -0.4 is 5.32 Å². The molecular formula is C10H15BrN2. The lowest BCUT2D eigenvalue weighted by Crippen LogP contribution is -2.14. The Hall–Kier alpha value is -0.280. The molecule has 1 atom stereocenters. The first-order valence-corrected chi connectivity index (χ1v) is 5.51. The van der Waals surface area contributed by atoms with Crippen LogP contribution in [0.3, 0.4) is 0 Å². The first-order chi connectivity index (χ1) is 6.24. The van der Waals surface area contributed by atoms with Gasteiger partial charge >= 0.3 is 0 Å². The third-order valence-electron chi connectivity index (χ3n) is 2.87. The third kappa shape index (κ3) is 1.44. The van der Waals surface area contributed by atoms with E-state index in [1.165, 1.54) is 28.6 Å². The van der Waals surface area contributed by atoms with Gasteiger partial charge in [0.2, 0.25) is 0 Å². The zero-order valence-corrected chi connectivity index (χ0v) is 9.69. The number of rotatable bonds is 2. The maximum absolute atomic E-state index is 3.62. The van der Waals surface area contributed by atoms with Crippen molar-refractivity contribution in [3.8, 4) is 0 Å². The Balaban J connectivity index is 2.32. The molecule has 1 N–H and O–H groups in total. The standard InChI is InChI=1S/C10H15BrN2/c1-12-5-7-3-4-8-9(7)6-13(2)10(8)11/h6-7,12H,3-5H2,1-2H3. The number of likely N-dealkylation sites (N-methyl/N-ethyl adjacent to an activating group) is 1. The number of halogens is 1. The average Bonchev–Trinajstić information content (AvgIpc) is 2.59. The molecule has 2 nitrogen and oxygen atoms in total. The molecule has 2 rings (SSSR count). The van der Waals surface area contributed by atoms with Crippen molar-refractivity contribution in [1.82, 2.24) is 9.88 Å². The molecule has 1 aliphatic rings. The second-order valence-electron chi connectivity index (χ2n) is 3.76. The lowest BCUT2D eigenvalue weighted by molar-refractivity contribution is 0.617. The van der Waals surface area contributed by atoms with Gasteiger partial charge in [0.1, 0.15) is 0 Å². The summed E-state index contributed by atoms with van der Waals surface area (Å²) in [5.41, 5.74) is 3.05. The van der Waals surface area contributed by atoms with Crippen LogP contribution in [0, 0.1) is 0 Å². The molecule has 1 aromatic heterocycles. The smallest absolute Gasteiger partial charge is 0.0879 e. The van der Waals surface area contributed by atoms with Gasteiger partial charge in [-0.3, -0.25) is 0 Å². The molecule has 1 aromatic rings. The van der Waals surface area contributed by atoms with Crippen LogP contribution in [-0.4, -0.2) is 18.2 Å². The predicted molar refractivity (Wildman–Crippen MR) is 58.1 cm³/mol. The maximum atomic E-state index is 3.62. The molecule has 0 bridgehead atoms. The monoisotopic (exact) mass is 242 g/mol. The molecule has 0 radical (unpaired) electrons. The maximum Gasteiger partial charge on any atom is 0.0879 e. The SMILES string of the molecule is CNCC1CCc2c1cn(C)c2Br. The summed E-state index contributed by atoms with van der Waals surface area (Å²) in [7, 11) is 4.12. The van der Waals surface area contributed by atoms with E-state index in [0.29, 0.717) is 0 Å². The van der Waals surface area contributed by atoms with Gasteiger partial charge in [-0.05, 0) is 52.9 Å². The summed E-state index contributed by atoms with van der Waals surface area (Å²) in [6.07, 6.45) is 4.78. The van der Waals surface area contributed by atoms with E-state index in [1.54, 1.807) is 0 Å². The van der Waals surface area contributed by atoms with Crippen molar-refractivity contribution < 1.29 is 0 Å². The Morgan fingerprint density at radius 2 is 2.46 bits per heavy atom. The van der Waals surface area contributed by atoms with Crippen LogP contribution in [0.15, 0.2) is 10.8 Å². The highest BCUT2D eigenvalue weighted by molar-refractivity contribution is 9.10. The first-order valence-electron chi connectivity index (χ1n) is 4.72. The van der Waals surface area contributed by atoms with Gasteiger partial charge in [-0.25, -0.2) is 0 Å². The van der Waals surface area contributed by atoms with Crippen molar-refractivity contribution in [3.63, 3.8) is 0 Å². The van der Waals surface area contributed by atoms with Crippen LogP contribution in [0.2, 0.25) is 0 Å². The van der Waals surface area contributed by atoms with Crippen LogP contribution >= 0.6 is 15.9 Å². The molecular weight excluding hydrogens is 228 g/mol. The van der Waals surface area contributed by atoms with Gasteiger partial charge in [0.15, 0.2) is 0 Å². The number of aromatic nitrogens is 1. The Kier molecular flexibility index (Phi) is 2.47. The number of hydrogen-bond donors (Lipinski definition) is 1. The van der Waals surface area contributed by atoms with Crippen LogP contribution in [0.1, 0.15) is 23.5 Å². The lowest BCUT2D eigenvalue weighted by Gasteiger charge is -2.08. The van der Waals surface area contributed by atoms with Gasteiger partial charge in [0, 0.05) is 19.8 Å². The van der Waals surface area contributed by atoms with Crippen molar-refractivity contribution in [2.45, 2.75) is 18.8 Å². The van der Waals surface area contributed by atoms with Crippen molar-refractivity contribution >= 4 is 15.9 Å². The molecule has 1 aliphatic carbocycles. The second kappa shape index (κ2) is 3.46. The highest BCUT2D eigenvalue weighted by Crippen LogP contribution is 2.37. The minimum atomic E-state index is 0.720. The molecule has 0 saturated carbocycles. The van der Waals surface area contributed by atoms with Crippen LogP contribution in [0.5, 0.6) is 0 Å². The lowest BCUT2D eigenvalue weighted by atomic mass is 10.1. The van der Waals surface area contributed by atoms with Gasteiger partial charge in [-0.2, -0.15) is 0 Å². The second-order valence-corrected chi connectivity index (χ2v) is 4.51. The molecule has 0 amide bonds. The molecule has 0 spiro atoms. The first kappa shape index (κ1) is 9.28. The Labute approximate surface area is 87.5 Å². The van der Waals surface area contributed by atoms with Crippen molar-refractivity contribution in [2.75, 3.05) is 13.6 Å². The van der Waals surface area contributed by atoms with E-state index in [9.17, 15) is 0 Å². The number of aryl methyl sites for hydroxylation is 1. The van der Waals surface area contributed by atoms with E-state index in [4.69, 9.17) is 0 Å². The normalized spacial score (nSPS) is 20.7. The van der Waals surface area contributed by atoms with Crippen molar-refractivity contribution in [1.29, 1.82) is 0 Å². The summed E-state index contributed by atoms with van der Waals surface area (Å²) in [6, 6.07) is 0. The minimum Gasteiger partial charge on any atom is -0.345 e. The van der Waals surface area contributed by atoms with Crippen LogP contribution in [0.4, 0.5) is 0 Å². The summed E-state index contributed by atoms with van der Waals surface area (Å²) in [5, 5.41) is 3.25. The fraction of sp³-hybridized carbons (Fsp3) is 0.600. The van der Waals surface area contributed by atoms with Crippen molar-refractivity contribution in [2.24, 2.45) is 7.05 Å². The van der Waals surface area contributed by atoms with E-state index in [0.717, 1.165) is 12.5 Å². The molecule has 0 aliphatic heterocycles. The Bertz CT molecular complexity index is 317. The Morgan fingerprint density at radius 1 is 1.69 bits per heavy atom. The van der Waals surface area contributed by atoms with Gasteiger partial charge < -0.3 is 9.88 Å². The molecule has 1 heterocycles. The Morgan fingerprint density at radius 3 is 3.15 bits per heavy atom. The van der Waals surface area contributed by atoms with E-state index in [2.05, 4.69) is 39.1 Å². The van der Waals surface area contributed by atoms with Crippen molar-refractivity contribution in [3.05, 3.63) is 21.9 Å². The largest absolute Gasteiger partial charge is 0.345 e. The van der Waals surface area contributed by atoms with Gasteiger partial charge in [0.05, 0.1) is 4.60 Å². The highest BCUT2D eigenvalue weighted by atomic mass is 79.9. The van der Waals surface area contributed by atoms with E-state index >= 15 is 0 Å². The third-order valence-corrected chi connectivity index (χ3v) is 3.91. The summed E-state index contributed by atoms with van der Waals surface area (Å²) >= 11 is 3.62. The van der Waals surface area contributed by atoms with E-state index in [-0.39, 0.29) is 0 Å².